The molecule has 2 aliphatic heterocycles. The van der Waals surface area contributed by atoms with Crippen molar-refractivity contribution in [3.63, 3.8) is 0 Å². The van der Waals surface area contributed by atoms with Crippen LogP contribution in [0.25, 0.3) is 0 Å². The van der Waals surface area contributed by atoms with Crippen molar-refractivity contribution in [3.8, 4) is 17.2 Å². The van der Waals surface area contributed by atoms with Gasteiger partial charge in [-0.15, -0.1) is 0 Å². The summed E-state index contributed by atoms with van der Waals surface area (Å²) in [5, 5.41) is 3.04. The Balaban J connectivity index is 1.64. The molecule has 5 rings (SSSR count). The topological polar surface area (TPSA) is 77.1 Å². The third-order valence-corrected chi connectivity index (χ3v) is 6.64. The highest BCUT2D eigenvalue weighted by molar-refractivity contribution is 6.04. The second kappa shape index (κ2) is 8.74. The Kier molecular flexibility index (Phi) is 5.61. The number of hydrogen-bond donors (Lipinski definition) is 1. The minimum absolute atomic E-state index is 0.0635. The lowest BCUT2D eigenvalue weighted by Gasteiger charge is -2.45. The molecule has 34 heavy (non-hydrogen) atoms. The van der Waals surface area contributed by atoms with Gasteiger partial charge in [-0.2, -0.15) is 0 Å². The second-order valence-electron chi connectivity index (χ2n) is 8.39. The number of carbonyl (C=O) groups is 2. The Morgan fingerprint density at radius 3 is 2.44 bits per heavy atom. The maximum Gasteiger partial charge on any atom is 0.254 e. The molecule has 3 aromatic carbocycles. The van der Waals surface area contributed by atoms with E-state index >= 15 is 0 Å². The van der Waals surface area contributed by atoms with Crippen LogP contribution in [-0.4, -0.2) is 44.6 Å². The van der Waals surface area contributed by atoms with Gasteiger partial charge in [-0.25, -0.2) is 0 Å². The molecule has 2 heterocycles. The third kappa shape index (κ3) is 3.53. The largest absolute Gasteiger partial charge is 0.497 e. The SMILES string of the molecule is COc1cccc(NC(=O)[C@@H]2c3ccccc3C(=O)N3CCc4cc(OC)c(OC)cc4[C@@H]23)c1. The average molecular weight is 459 g/mol. The number of amides is 2. The van der Waals surface area contributed by atoms with Gasteiger partial charge in [-0.1, -0.05) is 24.3 Å². The lowest BCUT2D eigenvalue weighted by molar-refractivity contribution is -0.119. The molecule has 0 aromatic heterocycles. The van der Waals surface area contributed by atoms with E-state index in [0.29, 0.717) is 41.5 Å². The summed E-state index contributed by atoms with van der Waals surface area (Å²) < 4.78 is 16.3. The molecule has 2 amide bonds. The van der Waals surface area contributed by atoms with Gasteiger partial charge in [0, 0.05) is 23.9 Å². The van der Waals surface area contributed by atoms with Crippen molar-refractivity contribution in [2.24, 2.45) is 0 Å². The quantitative estimate of drug-likeness (QED) is 0.621. The lowest BCUT2D eigenvalue weighted by Crippen LogP contribution is -2.49. The van der Waals surface area contributed by atoms with E-state index in [1.807, 2.05) is 53.4 Å². The van der Waals surface area contributed by atoms with E-state index in [1.54, 1.807) is 33.5 Å². The molecule has 0 spiro atoms. The summed E-state index contributed by atoms with van der Waals surface area (Å²) in [6, 6.07) is 18.0. The smallest absolute Gasteiger partial charge is 0.254 e. The number of nitrogens with one attached hydrogen (secondary N) is 1. The van der Waals surface area contributed by atoms with Crippen LogP contribution >= 0.6 is 0 Å². The number of nitrogens with zero attached hydrogens (tertiary/aromatic N) is 1. The number of benzene rings is 3. The summed E-state index contributed by atoms with van der Waals surface area (Å²) in [7, 11) is 4.77. The normalized spacial score (nSPS) is 18.3. The molecule has 1 N–H and O–H groups in total. The van der Waals surface area contributed by atoms with Gasteiger partial charge in [0.1, 0.15) is 5.75 Å². The molecule has 7 nitrogen and oxygen atoms in total. The molecule has 7 heteroatoms. The number of carbonyl (C=O) groups excluding carboxylic acids is 2. The van der Waals surface area contributed by atoms with E-state index in [9.17, 15) is 9.59 Å². The summed E-state index contributed by atoms with van der Waals surface area (Å²) in [4.78, 5) is 29.1. The molecular weight excluding hydrogens is 432 g/mol. The summed E-state index contributed by atoms with van der Waals surface area (Å²) in [5.41, 5.74) is 3.86. The highest BCUT2D eigenvalue weighted by Crippen LogP contribution is 2.48. The maximum atomic E-state index is 13.8. The predicted molar refractivity (Wildman–Crippen MR) is 128 cm³/mol. The van der Waals surface area contributed by atoms with Crippen LogP contribution in [0.3, 0.4) is 0 Å². The molecule has 0 fully saturated rings. The van der Waals surface area contributed by atoms with Crippen molar-refractivity contribution in [3.05, 3.63) is 82.9 Å². The van der Waals surface area contributed by atoms with Crippen LogP contribution in [-0.2, 0) is 11.2 Å². The van der Waals surface area contributed by atoms with Gasteiger partial charge in [0.15, 0.2) is 11.5 Å². The molecule has 2 aliphatic rings. The Labute approximate surface area is 198 Å². The number of fused-ring (bicyclic) bond motifs is 4. The van der Waals surface area contributed by atoms with Crippen LogP contribution in [0.4, 0.5) is 5.69 Å². The molecule has 3 aromatic rings. The number of hydrogen-bond acceptors (Lipinski definition) is 5. The maximum absolute atomic E-state index is 13.8. The molecule has 0 aliphatic carbocycles. The van der Waals surface area contributed by atoms with Crippen LogP contribution < -0.4 is 19.5 Å². The first-order valence-corrected chi connectivity index (χ1v) is 11.1. The Morgan fingerprint density at radius 2 is 1.68 bits per heavy atom. The number of ether oxygens (including phenoxy) is 3. The average Bonchev–Trinajstić information content (AvgIpc) is 2.88. The van der Waals surface area contributed by atoms with E-state index in [-0.39, 0.29) is 11.8 Å². The Hall–Kier alpha value is -4.00. The molecule has 2 atom stereocenters. The zero-order valence-corrected chi connectivity index (χ0v) is 19.3. The van der Waals surface area contributed by atoms with E-state index in [4.69, 9.17) is 14.2 Å². The van der Waals surface area contributed by atoms with E-state index in [2.05, 4.69) is 5.32 Å². The fourth-order valence-electron chi connectivity index (χ4n) is 5.06. The van der Waals surface area contributed by atoms with Crippen molar-refractivity contribution in [2.45, 2.75) is 18.4 Å². The molecule has 0 saturated carbocycles. The first kappa shape index (κ1) is 21.8. The molecule has 0 unspecified atom stereocenters. The van der Waals surface area contributed by atoms with Gasteiger partial charge in [0.05, 0.1) is 33.3 Å². The van der Waals surface area contributed by atoms with Crippen molar-refractivity contribution in [2.75, 3.05) is 33.2 Å². The summed E-state index contributed by atoms with van der Waals surface area (Å²) in [6.45, 7) is 0.517. The first-order chi connectivity index (χ1) is 16.5. The van der Waals surface area contributed by atoms with Crippen LogP contribution in [0.15, 0.2) is 60.7 Å². The third-order valence-electron chi connectivity index (χ3n) is 6.64. The standard InChI is InChI=1S/C27H26N2O5/c1-32-18-8-6-7-17(14-18)28-26(30)24-19-9-4-5-10-20(19)27(31)29-12-11-16-13-22(33-2)23(34-3)15-21(16)25(24)29/h4-10,13-15,24-25H,11-12H2,1-3H3,(H,28,30)/t24-,25+/m1/s1. The van der Waals surface area contributed by atoms with E-state index < -0.39 is 12.0 Å². The minimum atomic E-state index is -0.600. The molecular formula is C27H26N2O5. The van der Waals surface area contributed by atoms with Crippen LogP contribution in [0, 0.1) is 0 Å². The molecule has 0 saturated heterocycles. The van der Waals surface area contributed by atoms with Gasteiger partial charge in [0.2, 0.25) is 5.91 Å². The van der Waals surface area contributed by atoms with Gasteiger partial charge in [0.25, 0.3) is 5.91 Å². The van der Waals surface area contributed by atoms with Gasteiger partial charge >= 0.3 is 0 Å². The molecule has 0 radical (unpaired) electrons. The Morgan fingerprint density at radius 1 is 0.912 bits per heavy atom. The molecule has 174 valence electrons. The van der Waals surface area contributed by atoms with E-state index in [1.165, 1.54) is 0 Å². The van der Waals surface area contributed by atoms with Crippen molar-refractivity contribution in [1.29, 1.82) is 0 Å². The highest BCUT2D eigenvalue weighted by Gasteiger charge is 2.46. The van der Waals surface area contributed by atoms with Crippen LogP contribution in [0.2, 0.25) is 0 Å². The van der Waals surface area contributed by atoms with Gasteiger partial charge in [-0.05, 0) is 53.4 Å². The lowest BCUT2D eigenvalue weighted by atomic mass is 9.75. The number of rotatable bonds is 5. The van der Waals surface area contributed by atoms with Crippen molar-refractivity contribution >= 4 is 17.5 Å². The highest BCUT2D eigenvalue weighted by atomic mass is 16.5. The number of anilines is 1. The zero-order chi connectivity index (χ0) is 23.8. The van der Waals surface area contributed by atoms with Gasteiger partial charge < -0.3 is 24.4 Å². The fraction of sp³-hybridized carbons (Fsp3) is 0.259. The molecule has 0 bridgehead atoms. The fourth-order valence-corrected chi connectivity index (χ4v) is 5.06. The van der Waals surface area contributed by atoms with Crippen LogP contribution in [0.5, 0.6) is 17.2 Å². The number of methoxy groups -OCH3 is 3. The van der Waals surface area contributed by atoms with Crippen molar-refractivity contribution < 1.29 is 23.8 Å². The van der Waals surface area contributed by atoms with E-state index in [0.717, 1.165) is 16.7 Å². The van der Waals surface area contributed by atoms with Gasteiger partial charge in [-0.3, -0.25) is 9.59 Å². The second-order valence-corrected chi connectivity index (χ2v) is 8.39. The minimum Gasteiger partial charge on any atom is -0.497 e. The summed E-state index contributed by atoms with van der Waals surface area (Å²) in [5.74, 6) is 1.00. The van der Waals surface area contributed by atoms with Crippen molar-refractivity contribution in [1.82, 2.24) is 4.90 Å². The summed E-state index contributed by atoms with van der Waals surface area (Å²) >= 11 is 0. The zero-order valence-electron chi connectivity index (χ0n) is 19.3. The first-order valence-electron chi connectivity index (χ1n) is 11.1. The predicted octanol–water partition coefficient (Wildman–Crippen LogP) is 4.19. The Bertz CT molecular complexity index is 1270. The summed E-state index contributed by atoms with van der Waals surface area (Å²) in [6.07, 6.45) is 0.671. The monoisotopic (exact) mass is 458 g/mol. The van der Waals surface area contributed by atoms with Crippen LogP contribution in [0.1, 0.15) is 39.0 Å².